The molecule has 0 fully saturated rings. The standard InChI is InChI=1S/C19H19N3O4/c1-21(13-8-9-16(25-2)17(10-13)26-3)18(23)11-22-12-20-15-7-5-4-6-14(15)19(22)24/h4-10,12H,11H2,1-3H3. The zero-order chi connectivity index (χ0) is 18.7. The molecule has 0 aliphatic heterocycles. The van der Waals surface area contributed by atoms with Crippen molar-refractivity contribution in [2.75, 3.05) is 26.2 Å². The zero-order valence-electron chi connectivity index (χ0n) is 14.8. The van der Waals surface area contributed by atoms with Gasteiger partial charge in [0.2, 0.25) is 5.91 Å². The van der Waals surface area contributed by atoms with Gasteiger partial charge in [0.25, 0.3) is 5.56 Å². The summed E-state index contributed by atoms with van der Waals surface area (Å²) in [5.74, 6) is 0.845. The highest BCUT2D eigenvalue weighted by molar-refractivity contribution is 5.93. The maximum absolute atomic E-state index is 12.6. The summed E-state index contributed by atoms with van der Waals surface area (Å²) in [6, 6.07) is 12.2. The first kappa shape index (κ1) is 17.5. The van der Waals surface area contributed by atoms with Crippen molar-refractivity contribution in [3.05, 3.63) is 59.1 Å². The average molecular weight is 353 g/mol. The van der Waals surface area contributed by atoms with Gasteiger partial charge in [-0.15, -0.1) is 0 Å². The molecule has 7 nitrogen and oxygen atoms in total. The molecular formula is C19H19N3O4. The first-order chi connectivity index (χ1) is 12.5. The van der Waals surface area contributed by atoms with Crippen LogP contribution in [0, 0.1) is 0 Å². The van der Waals surface area contributed by atoms with Crippen molar-refractivity contribution in [2.45, 2.75) is 6.54 Å². The van der Waals surface area contributed by atoms with Crippen LogP contribution in [0.2, 0.25) is 0 Å². The van der Waals surface area contributed by atoms with Gasteiger partial charge in [-0.25, -0.2) is 4.98 Å². The summed E-state index contributed by atoms with van der Waals surface area (Å²) in [7, 11) is 4.72. The summed E-state index contributed by atoms with van der Waals surface area (Å²) in [4.78, 5) is 30.8. The first-order valence-corrected chi connectivity index (χ1v) is 7.98. The molecular weight excluding hydrogens is 334 g/mol. The predicted octanol–water partition coefficient (Wildman–Crippen LogP) is 2.08. The zero-order valence-corrected chi connectivity index (χ0v) is 14.8. The van der Waals surface area contributed by atoms with Crippen molar-refractivity contribution in [3.8, 4) is 11.5 Å². The number of fused-ring (bicyclic) bond motifs is 1. The van der Waals surface area contributed by atoms with Gasteiger partial charge in [0.1, 0.15) is 6.54 Å². The predicted molar refractivity (Wildman–Crippen MR) is 99.0 cm³/mol. The maximum atomic E-state index is 12.6. The highest BCUT2D eigenvalue weighted by atomic mass is 16.5. The minimum atomic E-state index is -0.253. The molecule has 7 heteroatoms. The van der Waals surface area contributed by atoms with Crippen molar-refractivity contribution in [3.63, 3.8) is 0 Å². The average Bonchev–Trinajstić information content (AvgIpc) is 2.69. The van der Waals surface area contributed by atoms with E-state index in [-0.39, 0.29) is 18.0 Å². The third-order valence-electron chi connectivity index (χ3n) is 4.17. The molecule has 1 amide bonds. The van der Waals surface area contributed by atoms with Gasteiger partial charge < -0.3 is 14.4 Å². The summed E-state index contributed by atoms with van der Waals surface area (Å²) in [5, 5.41) is 0.483. The summed E-state index contributed by atoms with van der Waals surface area (Å²) >= 11 is 0. The molecule has 0 radical (unpaired) electrons. The van der Waals surface area contributed by atoms with Gasteiger partial charge in [-0.05, 0) is 24.3 Å². The van der Waals surface area contributed by atoms with E-state index >= 15 is 0 Å². The number of methoxy groups -OCH3 is 2. The number of benzene rings is 2. The Labute approximate surface area is 150 Å². The third-order valence-corrected chi connectivity index (χ3v) is 4.17. The third kappa shape index (κ3) is 3.23. The van der Waals surface area contributed by atoms with Crippen LogP contribution in [0.15, 0.2) is 53.6 Å². The van der Waals surface area contributed by atoms with E-state index in [0.717, 1.165) is 0 Å². The molecule has 26 heavy (non-hydrogen) atoms. The van der Waals surface area contributed by atoms with Crippen LogP contribution in [0.5, 0.6) is 11.5 Å². The smallest absolute Gasteiger partial charge is 0.261 e. The minimum absolute atomic E-state index is 0.110. The lowest BCUT2D eigenvalue weighted by atomic mass is 10.2. The number of nitrogens with zero attached hydrogens (tertiary/aromatic N) is 3. The Hall–Kier alpha value is -3.35. The van der Waals surface area contributed by atoms with Crippen molar-refractivity contribution in [1.29, 1.82) is 0 Å². The molecule has 0 aliphatic carbocycles. The molecule has 0 unspecified atom stereocenters. The molecule has 0 bridgehead atoms. The molecule has 0 N–H and O–H groups in total. The lowest BCUT2D eigenvalue weighted by Crippen LogP contribution is -2.34. The molecule has 134 valence electrons. The van der Waals surface area contributed by atoms with Crippen molar-refractivity contribution >= 4 is 22.5 Å². The van der Waals surface area contributed by atoms with E-state index in [0.29, 0.717) is 28.1 Å². The van der Waals surface area contributed by atoms with E-state index in [1.807, 2.05) is 6.07 Å². The van der Waals surface area contributed by atoms with Gasteiger partial charge in [0.05, 0.1) is 31.4 Å². The molecule has 2 aromatic carbocycles. The fraction of sp³-hybridized carbons (Fsp3) is 0.211. The van der Waals surface area contributed by atoms with E-state index in [9.17, 15) is 9.59 Å². The minimum Gasteiger partial charge on any atom is -0.493 e. The van der Waals surface area contributed by atoms with Crippen LogP contribution in [0.4, 0.5) is 5.69 Å². The summed E-state index contributed by atoms with van der Waals surface area (Å²) < 4.78 is 11.8. The molecule has 3 aromatic rings. The van der Waals surface area contributed by atoms with Crippen molar-refractivity contribution in [1.82, 2.24) is 9.55 Å². The maximum Gasteiger partial charge on any atom is 0.261 e. The van der Waals surface area contributed by atoms with E-state index in [1.165, 1.54) is 22.9 Å². The lowest BCUT2D eigenvalue weighted by molar-refractivity contribution is -0.118. The molecule has 0 aliphatic rings. The number of aromatic nitrogens is 2. The number of carbonyl (C=O) groups is 1. The van der Waals surface area contributed by atoms with E-state index in [1.54, 1.807) is 50.6 Å². The molecule has 0 saturated carbocycles. The van der Waals surface area contributed by atoms with Crippen molar-refractivity contribution < 1.29 is 14.3 Å². The van der Waals surface area contributed by atoms with Crippen LogP contribution in [-0.4, -0.2) is 36.7 Å². The molecule has 0 atom stereocenters. The number of hydrogen-bond donors (Lipinski definition) is 0. The van der Waals surface area contributed by atoms with Crippen LogP contribution in [-0.2, 0) is 11.3 Å². The Morgan fingerprint density at radius 3 is 2.58 bits per heavy atom. The monoisotopic (exact) mass is 353 g/mol. The fourth-order valence-corrected chi connectivity index (χ4v) is 2.65. The molecule has 1 heterocycles. The number of amides is 1. The number of anilines is 1. The fourth-order valence-electron chi connectivity index (χ4n) is 2.65. The van der Waals surface area contributed by atoms with Gasteiger partial charge in [-0.3, -0.25) is 14.2 Å². The topological polar surface area (TPSA) is 73.7 Å². The largest absolute Gasteiger partial charge is 0.493 e. The van der Waals surface area contributed by atoms with Crippen LogP contribution in [0.3, 0.4) is 0 Å². The number of ether oxygens (including phenoxy) is 2. The van der Waals surface area contributed by atoms with E-state index in [4.69, 9.17) is 9.47 Å². The second-order valence-corrected chi connectivity index (χ2v) is 5.69. The number of likely N-dealkylation sites (N-methyl/N-ethyl adjacent to an activating group) is 1. The van der Waals surface area contributed by atoms with Crippen LogP contribution < -0.4 is 19.9 Å². The Morgan fingerprint density at radius 1 is 1.12 bits per heavy atom. The Balaban J connectivity index is 1.86. The number of rotatable bonds is 5. The summed E-state index contributed by atoms with van der Waals surface area (Å²) in [5.41, 5.74) is 0.994. The van der Waals surface area contributed by atoms with Crippen LogP contribution in [0.1, 0.15) is 0 Å². The first-order valence-electron chi connectivity index (χ1n) is 7.98. The summed E-state index contributed by atoms with van der Waals surface area (Å²) in [6.45, 7) is -0.110. The summed E-state index contributed by atoms with van der Waals surface area (Å²) in [6.07, 6.45) is 1.39. The molecule has 3 rings (SSSR count). The van der Waals surface area contributed by atoms with Crippen molar-refractivity contribution in [2.24, 2.45) is 0 Å². The molecule has 1 aromatic heterocycles. The van der Waals surface area contributed by atoms with Crippen LogP contribution >= 0.6 is 0 Å². The van der Waals surface area contributed by atoms with Crippen LogP contribution in [0.25, 0.3) is 10.9 Å². The number of carbonyl (C=O) groups excluding carboxylic acids is 1. The van der Waals surface area contributed by atoms with Gasteiger partial charge in [-0.2, -0.15) is 0 Å². The van der Waals surface area contributed by atoms with Gasteiger partial charge in [0.15, 0.2) is 11.5 Å². The normalized spacial score (nSPS) is 10.6. The van der Waals surface area contributed by atoms with E-state index in [2.05, 4.69) is 4.98 Å². The lowest BCUT2D eigenvalue weighted by Gasteiger charge is -2.19. The van der Waals surface area contributed by atoms with Gasteiger partial charge in [0, 0.05) is 18.8 Å². The second-order valence-electron chi connectivity index (χ2n) is 5.69. The second kappa shape index (κ2) is 7.26. The highest BCUT2D eigenvalue weighted by Crippen LogP contribution is 2.31. The Kier molecular flexibility index (Phi) is 4.88. The molecule has 0 spiro atoms. The van der Waals surface area contributed by atoms with Gasteiger partial charge >= 0.3 is 0 Å². The van der Waals surface area contributed by atoms with E-state index < -0.39 is 0 Å². The number of para-hydroxylation sites is 1. The highest BCUT2D eigenvalue weighted by Gasteiger charge is 2.15. The Morgan fingerprint density at radius 2 is 1.85 bits per heavy atom. The quantitative estimate of drug-likeness (QED) is 0.702. The van der Waals surface area contributed by atoms with Gasteiger partial charge in [-0.1, -0.05) is 12.1 Å². The SMILES string of the molecule is COc1ccc(N(C)C(=O)Cn2cnc3ccccc3c2=O)cc1OC. The Bertz CT molecular complexity index is 1010. The molecule has 0 saturated heterocycles. The number of hydrogen-bond acceptors (Lipinski definition) is 5.